The molecule has 1 aromatic heterocycles. The lowest BCUT2D eigenvalue weighted by Crippen LogP contribution is -2.36. The number of benzene rings is 2. The molecular weight excluding hydrogens is 385 g/mol. The molecule has 2 aromatic carbocycles. The highest BCUT2D eigenvalue weighted by Crippen LogP contribution is 2.33. The van der Waals surface area contributed by atoms with Crippen molar-refractivity contribution in [3.63, 3.8) is 0 Å². The van der Waals surface area contributed by atoms with Crippen LogP contribution in [0.4, 0.5) is 9.52 Å². The lowest BCUT2D eigenvalue weighted by Gasteiger charge is -2.22. The molecule has 0 saturated heterocycles. The number of halogens is 2. The van der Waals surface area contributed by atoms with E-state index in [2.05, 4.69) is 6.07 Å². The van der Waals surface area contributed by atoms with E-state index >= 15 is 0 Å². The van der Waals surface area contributed by atoms with Crippen LogP contribution in [0.25, 0.3) is 10.2 Å². The fourth-order valence-corrected chi connectivity index (χ4v) is 4.16. The number of carbonyl (C=O) groups is 1. The van der Waals surface area contributed by atoms with E-state index in [0.29, 0.717) is 18.2 Å². The number of amides is 1. The van der Waals surface area contributed by atoms with E-state index in [1.165, 1.54) is 23.5 Å². The van der Waals surface area contributed by atoms with Gasteiger partial charge in [0.1, 0.15) is 5.82 Å². The molecule has 4 nitrogen and oxygen atoms in total. The first-order chi connectivity index (χ1) is 12.8. The Hall–Kier alpha value is -2.02. The Morgan fingerprint density at radius 2 is 1.93 bits per heavy atom. The van der Waals surface area contributed by atoms with Crippen molar-refractivity contribution in [1.82, 2.24) is 9.88 Å². The Kier molecular flexibility index (Phi) is 5.79. The molecule has 0 aliphatic heterocycles. The average molecular weight is 406 g/mol. The summed E-state index contributed by atoms with van der Waals surface area (Å²) in [5.74, 6) is -0.752. The molecule has 0 aliphatic rings. The number of nitrogens with zero attached hydrogens (tertiary/aromatic N) is 3. The summed E-state index contributed by atoms with van der Waals surface area (Å²) in [6.45, 7) is 5.19. The largest absolute Gasteiger partial charge is 0.308 e. The number of rotatable bonds is 5. The van der Waals surface area contributed by atoms with Gasteiger partial charge in [-0.3, -0.25) is 9.69 Å². The minimum atomic E-state index is -0.470. The predicted octanol–water partition coefficient (Wildman–Crippen LogP) is 4.91. The van der Waals surface area contributed by atoms with E-state index in [-0.39, 0.29) is 16.5 Å². The number of hydrogen-bond donors (Lipinski definition) is 0. The molecule has 7 heteroatoms. The molecule has 0 bridgehead atoms. The van der Waals surface area contributed by atoms with Gasteiger partial charge in [0.05, 0.1) is 20.8 Å². The van der Waals surface area contributed by atoms with E-state index in [9.17, 15) is 9.18 Å². The van der Waals surface area contributed by atoms with Gasteiger partial charge < -0.3 is 4.90 Å². The minimum absolute atomic E-state index is 0.1000. The molecule has 1 heterocycles. The number of aromatic nitrogens is 1. The van der Waals surface area contributed by atoms with Crippen molar-refractivity contribution in [3.05, 3.63) is 57.9 Å². The molecule has 0 aliphatic carbocycles. The van der Waals surface area contributed by atoms with Gasteiger partial charge in [0, 0.05) is 13.1 Å². The summed E-state index contributed by atoms with van der Waals surface area (Å²) in [4.78, 5) is 21.5. The number of fused-ring (bicyclic) bond motifs is 1. The van der Waals surface area contributed by atoms with Gasteiger partial charge in [0.2, 0.25) is 0 Å². The summed E-state index contributed by atoms with van der Waals surface area (Å²) < 4.78 is 14.4. The first-order valence-corrected chi connectivity index (χ1v) is 9.75. The summed E-state index contributed by atoms with van der Waals surface area (Å²) in [5, 5.41) is 0.717. The van der Waals surface area contributed by atoms with Crippen molar-refractivity contribution in [2.45, 2.75) is 13.8 Å². The number of anilines is 1. The second-order valence-corrected chi connectivity index (χ2v) is 8.20. The first kappa shape index (κ1) is 19.7. The maximum Gasteiger partial charge on any atom is 0.261 e. The van der Waals surface area contributed by atoms with E-state index in [1.807, 2.05) is 38.9 Å². The van der Waals surface area contributed by atoms with Crippen LogP contribution in [0.2, 0.25) is 5.02 Å². The van der Waals surface area contributed by atoms with E-state index in [4.69, 9.17) is 16.6 Å². The second kappa shape index (κ2) is 7.92. The molecule has 0 N–H and O–H groups in total. The third-order valence-electron chi connectivity index (χ3n) is 4.22. The molecule has 142 valence electrons. The van der Waals surface area contributed by atoms with Gasteiger partial charge in [-0.1, -0.05) is 29.0 Å². The van der Waals surface area contributed by atoms with Crippen LogP contribution in [0.1, 0.15) is 21.5 Å². The van der Waals surface area contributed by atoms with Crippen molar-refractivity contribution in [2.24, 2.45) is 0 Å². The first-order valence-electron chi connectivity index (χ1n) is 8.55. The standard InChI is InChI=1S/C20H21ClFN3OS/c1-12-9-13(2)18-17(10-12)23-20(27-18)25(8-7-24(3)4)19(26)15-6-5-14(22)11-16(15)21/h5-6,9-11H,7-8H2,1-4H3. The number of aryl methyl sites for hydroxylation is 2. The van der Waals surface area contributed by atoms with Crippen molar-refractivity contribution < 1.29 is 9.18 Å². The van der Waals surface area contributed by atoms with Crippen LogP contribution in [0.15, 0.2) is 30.3 Å². The van der Waals surface area contributed by atoms with Gasteiger partial charge in [-0.2, -0.15) is 0 Å². The van der Waals surface area contributed by atoms with Crippen LogP contribution in [-0.2, 0) is 0 Å². The minimum Gasteiger partial charge on any atom is -0.308 e. The quantitative estimate of drug-likeness (QED) is 0.604. The Morgan fingerprint density at radius 3 is 2.59 bits per heavy atom. The molecule has 0 unspecified atom stereocenters. The van der Waals surface area contributed by atoms with Crippen molar-refractivity contribution in [1.29, 1.82) is 0 Å². The molecule has 0 fully saturated rings. The third-order valence-corrected chi connectivity index (χ3v) is 5.76. The Morgan fingerprint density at radius 1 is 1.19 bits per heavy atom. The van der Waals surface area contributed by atoms with E-state index in [1.54, 1.807) is 4.90 Å². The smallest absolute Gasteiger partial charge is 0.261 e. The number of hydrogen-bond acceptors (Lipinski definition) is 4. The van der Waals surface area contributed by atoms with Gasteiger partial charge >= 0.3 is 0 Å². The lowest BCUT2D eigenvalue weighted by atomic mass is 10.1. The molecule has 0 radical (unpaired) electrons. The van der Waals surface area contributed by atoms with Gasteiger partial charge in [-0.05, 0) is 63.3 Å². The van der Waals surface area contributed by atoms with Crippen LogP contribution >= 0.6 is 22.9 Å². The zero-order chi connectivity index (χ0) is 19.7. The van der Waals surface area contributed by atoms with Gasteiger partial charge in [0.15, 0.2) is 5.13 Å². The summed E-state index contributed by atoms with van der Waals surface area (Å²) >= 11 is 7.61. The Balaban J connectivity index is 2.05. The number of thiazole rings is 1. The highest BCUT2D eigenvalue weighted by molar-refractivity contribution is 7.22. The van der Waals surface area contributed by atoms with Crippen molar-refractivity contribution in [3.8, 4) is 0 Å². The van der Waals surface area contributed by atoms with E-state index < -0.39 is 5.82 Å². The zero-order valence-electron chi connectivity index (χ0n) is 15.7. The van der Waals surface area contributed by atoms with Crippen molar-refractivity contribution >= 4 is 44.2 Å². The molecule has 3 rings (SSSR count). The molecule has 1 amide bonds. The third kappa shape index (κ3) is 4.29. The fraction of sp³-hybridized carbons (Fsp3) is 0.300. The van der Waals surface area contributed by atoms with Crippen LogP contribution in [-0.4, -0.2) is 43.0 Å². The summed E-state index contributed by atoms with van der Waals surface area (Å²) in [6, 6.07) is 7.94. The normalized spacial score (nSPS) is 11.4. The SMILES string of the molecule is Cc1cc(C)c2sc(N(CCN(C)C)C(=O)c3ccc(F)cc3Cl)nc2c1. The number of carbonyl (C=O) groups excluding carboxylic acids is 1. The molecule has 3 aromatic rings. The molecule has 0 saturated carbocycles. The maximum atomic E-state index is 13.4. The monoisotopic (exact) mass is 405 g/mol. The highest BCUT2D eigenvalue weighted by Gasteiger charge is 2.24. The van der Waals surface area contributed by atoms with Crippen LogP contribution in [0, 0.1) is 19.7 Å². The van der Waals surface area contributed by atoms with Gasteiger partial charge in [0.25, 0.3) is 5.91 Å². The summed E-state index contributed by atoms with van der Waals surface area (Å²) in [5.41, 5.74) is 3.41. The Labute approximate surface area is 167 Å². The van der Waals surface area contributed by atoms with Crippen LogP contribution in [0.3, 0.4) is 0 Å². The van der Waals surface area contributed by atoms with Crippen LogP contribution < -0.4 is 4.90 Å². The Bertz CT molecular complexity index is 1000. The summed E-state index contributed by atoms with van der Waals surface area (Å²) in [7, 11) is 3.89. The topological polar surface area (TPSA) is 36.4 Å². The van der Waals surface area contributed by atoms with Gasteiger partial charge in [-0.15, -0.1) is 0 Å². The van der Waals surface area contributed by atoms with E-state index in [0.717, 1.165) is 27.4 Å². The fourth-order valence-electron chi connectivity index (χ4n) is 2.87. The predicted molar refractivity (Wildman–Crippen MR) is 111 cm³/mol. The summed E-state index contributed by atoms with van der Waals surface area (Å²) in [6.07, 6.45) is 0. The molecule has 0 spiro atoms. The molecular formula is C20H21ClFN3OS. The number of likely N-dealkylation sites (N-methyl/N-ethyl adjacent to an activating group) is 1. The highest BCUT2D eigenvalue weighted by atomic mass is 35.5. The average Bonchev–Trinajstić information content (AvgIpc) is 2.98. The molecule has 0 atom stereocenters. The zero-order valence-corrected chi connectivity index (χ0v) is 17.3. The van der Waals surface area contributed by atoms with Gasteiger partial charge in [-0.25, -0.2) is 9.37 Å². The van der Waals surface area contributed by atoms with Crippen molar-refractivity contribution in [2.75, 3.05) is 32.1 Å². The molecule has 27 heavy (non-hydrogen) atoms. The maximum absolute atomic E-state index is 13.4. The second-order valence-electron chi connectivity index (χ2n) is 6.81. The van der Waals surface area contributed by atoms with Crippen LogP contribution in [0.5, 0.6) is 0 Å². The lowest BCUT2D eigenvalue weighted by molar-refractivity contribution is 0.0985.